The fourth-order valence-electron chi connectivity index (χ4n) is 3.00. The highest BCUT2D eigenvalue weighted by Gasteiger charge is 2.37. The predicted molar refractivity (Wildman–Crippen MR) is 96.0 cm³/mol. The minimum Gasteiger partial charge on any atom is -0.545 e. The molecule has 0 spiro atoms. The van der Waals surface area contributed by atoms with E-state index in [2.05, 4.69) is 4.98 Å². The van der Waals surface area contributed by atoms with Gasteiger partial charge < -0.3 is 9.90 Å². The molecule has 136 valence electrons. The Morgan fingerprint density at radius 1 is 0.786 bits per heavy atom. The van der Waals surface area contributed by atoms with Gasteiger partial charge in [0.05, 0.1) is 17.1 Å². The van der Waals surface area contributed by atoms with Gasteiger partial charge in [0.15, 0.2) is 5.78 Å². The standard InChI is InChI=1S/C21H12N2O5/c24-18(12-4-6-13(7-5-12)21(27)28)14-8-9-15-16(11-14)20(26)23(19(15)25)17-3-1-2-10-22-17/h1-11H,(H,27,28)/p-1. The van der Waals surface area contributed by atoms with Crippen LogP contribution in [0.3, 0.4) is 0 Å². The Labute approximate surface area is 158 Å². The summed E-state index contributed by atoms with van der Waals surface area (Å²) in [6.45, 7) is 0. The molecule has 3 aromatic rings. The number of ketones is 1. The lowest BCUT2D eigenvalue weighted by Gasteiger charge is -2.11. The number of anilines is 1. The fraction of sp³-hybridized carbons (Fsp3) is 0. The lowest BCUT2D eigenvalue weighted by Crippen LogP contribution is -2.30. The van der Waals surface area contributed by atoms with Crippen molar-refractivity contribution in [1.82, 2.24) is 4.98 Å². The van der Waals surface area contributed by atoms with Crippen molar-refractivity contribution in [3.05, 3.63) is 94.7 Å². The normalized spacial score (nSPS) is 12.8. The van der Waals surface area contributed by atoms with E-state index < -0.39 is 23.6 Å². The average molecular weight is 371 g/mol. The molecule has 0 atom stereocenters. The molecule has 7 nitrogen and oxygen atoms in total. The lowest BCUT2D eigenvalue weighted by atomic mass is 9.98. The number of hydrogen-bond acceptors (Lipinski definition) is 6. The Morgan fingerprint density at radius 3 is 2.07 bits per heavy atom. The Bertz CT molecular complexity index is 1140. The number of imide groups is 1. The molecule has 0 N–H and O–H groups in total. The van der Waals surface area contributed by atoms with Gasteiger partial charge in [0.25, 0.3) is 11.8 Å². The molecular weight excluding hydrogens is 360 g/mol. The van der Waals surface area contributed by atoms with Gasteiger partial charge in [-0.05, 0) is 29.8 Å². The molecule has 0 fully saturated rings. The summed E-state index contributed by atoms with van der Waals surface area (Å²) in [5, 5.41) is 10.8. The summed E-state index contributed by atoms with van der Waals surface area (Å²) in [5.74, 6) is -2.59. The number of carboxylic acid groups (broad SMARTS) is 1. The second-order valence-electron chi connectivity index (χ2n) is 6.09. The molecule has 1 aromatic heterocycles. The van der Waals surface area contributed by atoms with E-state index in [1.807, 2.05) is 0 Å². The zero-order valence-corrected chi connectivity index (χ0v) is 14.3. The van der Waals surface area contributed by atoms with Crippen molar-refractivity contribution in [2.75, 3.05) is 4.90 Å². The van der Waals surface area contributed by atoms with E-state index >= 15 is 0 Å². The third-order valence-electron chi connectivity index (χ3n) is 4.41. The molecular formula is C21H11N2O5-. The summed E-state index contributed by atoms with van der Waals surface area (Å²) in [6, 6.07) is 14.4. The van der Waals surface area contributed by atoms with E-state index in [0.29, 0.717) is 0 Å². The summed E-state index contributed by atoms with van der Waals surface area (Å²) >= 11 is 0. The van der Waals surface area contributed by atoms with E-state index in [0.717, 1.165) is 4.90 Å². The zero-order chi connectivity index (χ0) is 19.8. The van der Waals surface area contributed by atoms with Crippen LogP contribution in [0.25, 0.3) is 0 Å². The largest absolute Gasteiger partial charge is 0.545 e. The number of amides is 2. The van der Waals surface area contributed by atoms with Crippen molar-refractivity contribution in [3.8, 4) is 0 Å². The topological polar surface area (TPSA) is 107 Å². The third-order valence-corrected chi connectivity index (χ3v) is 4.41. The van der Waals surface area contributed by atoms with Gasteiger partial charge >= 0.3 is 0 Å². The van der Waals surface area contributed by atoms with Crippen molar-refractivity contribution in [2.45, 2.75) is 0 Å². The fourth-order valence-corrected chi connectivity index (χ4v) is 3.00. The van der Waals surface area contributed by atoms with Gasteiger partial charge in [0.1, 0.15) is 5.82 Å². The smallest absolute Gasteiger partial charge is 0.267 e. The summed E-state index contributed by atoms with van der Waals surface area (Å²) in [7, 11) is 0. The van der Waals surface area contributed by atoms with E-state index in [1.165, 1.54) is 48.7 Å². The third kappa shape index (κ3) is 2.75. The van der Waals surface area contributed by atoms with Crippen LogP contribution >= 0.6 is 0 Å². The number of benzene rings is 2. The maximum absolute atomic E-state index is 12.7. The van der Waals surface area contributed by atoms with E-state index in [1.54, 1.807) is 18.2 Å². The molecule has 2 amide bonds. The first-order valence-electron chi connectivity index (χ1n) is 8.27. The molecule has 1 aliphatic heterocycles. The quantitative estimate of drug-likeness (QED) is 0.508. The predicted octanol–water partition coefficient (Wildman–Crippen LogP) is 1.48. The van der Waals surface area contributed by atoms with Crippen LogP contribution in [0.2, 0.25) is 0 Å². The maximum Gasteiger partial charge on any atom is 0.267 e. The Morgan fingerprint density at radius 2 is 1.43 bits per heavy atom. The highest BCUT2D eigenvalue weighted by Crippen LogP contribution is 2.28. The summed E-state index contributed by atoms with van der Waals surface area (Å²) in [4.78, 5) is 53.8. The lowest BCUT2D eigenvalue weighted by molar-refractivity contribution is -0.255. The number of fused-ring (bicyclic) bond motifs is 1. The molecule has 1 aliphatic rings. The summed E-state index contributed by atoms with van der Waals surface area (Å²) in [5.41, 5.74) is 0.733. The van der Waals surface area contributed by atoms with Crippen LogP contribution < -0.4 is 10.0 Å². The van der Waals surface area contributed by atoms with Crippen LogP contribution in [0.1, 0.15) is 47.0 Å². The van der Waals surface area contributed by atoms with Crippen molar-refractivity contribution in [2.24, 2.45) is 0 Å². The monoisotopic (exact) mass is 371 g/mol. The minimum atomic E-state index is -1.34. The van der Waals surface area contributed by atoms with Crippen LogP contribution in [-0.4, -0.2) is 28.6 Å². The molecule has 2 aromatic carbocycles. The van der Waals surface area contributed by atoms with Gasteiger partial charge in [-0.2, -0.15) is 0 Å². The molecule has 28 heavy (non-hydrogen) atoms. The number of pyridine rings is 1. The number of carboxylic acids is 1. The molecule has 0 unspecified atom stereocenters. The highest BCUT2D eigenvalue weighted by molar-refractivity contribution is 6.34. The van der Waals surface area contributed by atoms with Crippen molar-refractivity contribution >= 4 is 29.4 Å². The molecule has 2 heterocycles. The van der Waals surface area contributed by atoms with Crippen molar-refractivity contribution in [1.29, 1.82) is 0 Å². The SMILES string of the molecule is O=C([O-])c1ccc(C(=O)c2ccc3c(c2)C(=O)N(c2ccccn2)C3=O)cc1. The molecule has 4 rings (SSSR count). The number of hydrogen-bond donors (Lipinski definition) is 0. The average Bonchev–Trinajstić information content (AvgIpc) is 2.98. The number of aromatic carboxylic acids is 1. The second-order valence-corrected chi connectivity index (χ2v) is 6.09. The minimum absolute atomic E-state index is 0.0442. The molecule has 0 radical (unpaired) electrons. The molecule has 0 aliphatic carbocycles. The number of carbonyl (C=O) groups excluding carboxylic acids is 4. The van der Waals surface area contributed by atoms with Crippen LogP contribution in [-0.2, 0) is 0 Å². The van der Waals surface area contributed by atoms with E-state index in [9.17, 15) is 24.3 Å². The highest BCUT2D eigenvalue weighted by atomic mass is 16.4. The number of nitrogens with zero attached hydrogens (tertiary/aromatic N) is 2. The van der Waals surface area contributed by atoms with Gasteiger partial charge in [-0.15, -0.1) is 0 Å². The van der Waals surface area contributed by atoms with E-state index in [-0.39, 0.29) is 33.6 Å². The van der Waals surface area contributed by atoms with E-state index in [4.69, 9.17) is 0 Å². The Balaban J connectivity index is 1.68. The van der Waals surface area contributed by atoms with Crippen LogP contribution in [0.15, 0.2) is 66.9 Å². The first kappa shape index (κ1) is 17.3. The maximum atomic E-state index is 12.7. The molecule has 0 saturated carbocycles. The Kier molecular flexibility index (Phi) is 4.04. The summed E-state index contributed by atoms with van der Waals surface area (Å²) in [6.07, 6.45) is 1.48. The first-order chi connectivity index (χ1) is 13.5. The van der Waals surface area contributed by atoms with Crippen molar-refractivity contribution in [3.63, 3.8) is 0 Å². The van der Waals surface area contributed by atoms with Crippen molar-refractivity contribution < 1.29 is 24.3 Å². The first-order valence-corrected chi connectivity index (χ1v) is 8.27. The van der Waals surface area contributed by atoms with Gasteiger partial charge in [-0.3, -0.25) is 14.4 Å². The van der Waals surface area contributed by atoms with Gasteiger partial charge in [-0.1, -0.05) is 36.4 Å². The van der Waals surface area contributed by atoms with Gasteiger partial charge in [0, 0.05) is 17.3 Å². The molecule has 0 saturated heterocycles. The zero-order valence-electron chi connectivity index (χ0n) is 14.3. The number of carbonyl (C=O) groups is 4. The van der Waals surface area contributed by atoms with Crippen LogP contribution in [0, 0.1) is 0 Å². The van der Waals surface area contributed by atoms with Gasteiger partial charge in [-0.25, -0.2) is 9.88 Å². The summed E-state index contributed by atoms with van der Waals surface area (Å²) < 4.78 is 0. The molecule has 7 heteroatoms. The molecule has 0 bridgehead atoms. The van der Waals surface area contributed by atoms with Crippen LogP contribution in [0.5, 0.6) is 0 Å². The Hall–Kier alpha value is -4.13. The second kappa shape index (κ2) is 6.55. The number of aromatic nitrogens is 1. The number of rotatable bonds is 4. The van der Waals surface area contributed by atoms with Gasteiger partial charge in [0.2, 0.25) is 0 Å². The van der Waals surface area contributed by atoms with Crippen LogP contribution in [0.4, 0.5) is 5.82 Å².